The van der Waals surface area contributed by atoms with Gasteiger partial charge in [0.2, 0.25) is 5.91 Å². The summed E-state index contributed by atoms with van der Waals surface area (Å²) in [6, 6.07) is -1.62. The average molecular weight is 289 g/mol. The molecule has 0 aromatic carbocycles. The smallest absolute Gasteiger partial charge is 0.326 e. The number of carbonyl (C=O) groups is 3. The maximum atomic E-state index is 11.5. The topological polar surface area (TPSA) is 122 Å². The number of rotatable bonds is 7. The molecular formula is C11H19N3O4S. The zero-order valence-corrected chi connectivity index (χ0v) is 11.4. The van der Waals surface area contributed by atoms with E-state index in [0.29, 0.717) is 11.8 Å². The van der Waals surface area contributed by atoms with E-state index >= 15 is 0 Å². The minimum absolute atomic E-state index is 0.00371. The van der Waals surface area contributed by atoms with Gasteiger partial charge in [-0.2, -0.15) is 11.8 Å². The summed E-state index contributed by atoms with van der Waals surface area (Å²) in [5.41, 5.74) is 4.95. The largest absolute Gasteiger partial charge is 0.480 e. The number of urea groups is 1. The summed E-state index contributed by atoms with van der Waals surface area (Å²) < 4.78 is 0. The lowest BCUT2D eigenvalue weighted by Gasteiger charge is -2.16. The Bertz CT molecular complexity index is 345. The fourth-order valence-electron chi connectivity index (χ4n) is 1.77. The molecule has 0 saturated carbocycles. The van der Waals surface area contributed by atoms with Crippen LogP contribution in [-0.2, 0) is 9.59 Å². The Hall–Kier alpha value is -1.44. The van der Waals surface area contributed by atoms with Crippen LogP contribution >= 0.6 is 11.8 Å². The van der Waals surface area contributed by atoms with E-state index in [1.54, 1.807) is 11.8 Å². The summed E-state index contributed by atoms with van der Waals surface area (Å²) in [6.45, 7) is 0.526. The third kappa shape index (κ3) is 6.32. The first-order valence-electron chi connectivity index (χ1n) is 6.16. The monoisotopic (exact) mass is 289 g/mol. The van der Waals surface area contributed by atoms with Crippen molar-refractivity contribution in [2.24, 2.45) is 5.73 Å². The molecule has 0 radical (unpaired) electrons. The van der Waals surface area contributed by atoms with E-state index in [1.165, 1.54) is 0 Å². The highest BCUT2D eigenvalue weighted by Crippen LogP contribution is 2.25. The zero-order chi connectivity index (χ0) is 14.3. The van der Waals surface area contributed by atoms with Crippen molar-refractivity contribution in [2.45, 2.75) is 37.0 Å². The Morgan fingerprint density at radius 3 is 2.68 bits per heavy atom. The van der Waals surface area contributed by atoms with Gasteiger partial charge in [0.25, 0.3) is 0 Å². The maximum absolute atomic E-state index is 11.5. The molecule has 0 aliphatic carbocycles. The lowest BCUT2D eigenvalue weighted by molar-refractivity contribution is -0.139. The molecule has 0 bridgehead atoms. The first-order valence-corrected chi connectivity index (χ1v) is 7.21. The molecule has 0 aromatic heterocycles. The lowest BCUT2D eigenvalue weighted by atomic mass is 10.1. The molecule has 1 rings (SSSR count). The third-order valence-electron chi connectivity index (χ3n) is 2.80. The van der Waals surface area contributed by atoms with Crippen LogP contribution in [0, 0.1) is 0 Å². The van der Waals surface area contributed by atoms with E-state index in [-0.39, 0.29) is 12.8 Å². The minimum Gasteiger partial charge on any atom is -0.480 e. The first-order chi connectivity index (χ1) is 8.99. The Morgan fingerprint density at radius 2 is 2.16 bits per heavy atom. The predicted octanol–water partition coefficient (Wildman–Crippen LogP) is -0.100. The van der Waals surface area contributed by atoms with Crippen molar-refractivity contribution in [3.8, 4) is 0 Å². The number of hydrogen-bond donors (Lipinski definition) is 4. The zero-order valence-electron chi connectivity index (χ0n) is 10.6. The van der Waals surface area contributed by atoms with E-state index in [2.05, 4.69) is 10.6 Å². The van der Waals surface area contributed by atoms with Gasteiger partial charge in [-0.05, 0) is 25.0 Å². The van der Waals surface area contributed by atoms with Crippen molar-refractivity contribution in [3.63, 3.8) is 0 Å². The van der Waals surface area contributed by atoms with Crippen LogP contribution in [0.1, 0.15) is 25.7 Å². The highest BCUT2D eigenvalue weighted by Gasteiger charge is 2.21. The van der Waals surface area contributed by atoms with E-state index in [4.69, 9.17) is 10.8 Å². The number of carbonyl (C=O) groups excluding carboxylic acids is 2. The van der Waals surface area contributed by atoms with Crippen LogP contribution in [0.5, 0.6) is 0 Å². The van der Waals surface area contributed by atoms with Gasteiger partial charge in [-0.15, -0.1) is 0 Å². The normalized spacial score (nSPS) is 19.7. The number of aliphatic carboxylic acids is 1. The van der Waals surface area contributed by atoms with E-state index in [1.807, 2.05) is 0 Å². The van der Waals surface area contributed by atoms with Crippen LogP contribution in [0.2, 0.25) is 0 Å². The quantitative estimate of drug-likeness (QED) is 0.521. The fourth-order valence-corrected chi connectivity index (χ4v) is 2.97. The van der Waals surface area contributed by atoms with E-state index in [0.717, 1.165) is 18.6 Å². The van der Waals surface area contributed by atoms with Crippen molar-refractivity contribution in [3.05, 3.63) is 0 Å². The van der Waals surface area contributed by atoms with Crippen molar-refractivity contribution in [1.82, 2.24) is 10.6 Å². The summed E-state index contributed by atoms with van der Waals surface area (Å²) in [6.07, 6.45) is 2.13. The van der Waals surface area contributed by atoms with Gasteiger partial charge in [-0.1, -0.05) is 0 Å². The van der Waals surface area contributed by atoms with Gasteiger partial charge in [0.05, 0.1) is 0 Å². The standard InChI is InChI=1S/C11H19N3O4S/c12-9(15)4-3-8(10(16)17)14-11(18)13-6-7-2-1-5-19-7/h7-8H,1-6H2,(H2,12,15)(H,16,17)(H2,13,14,18)/t7?,8-/m0/s1. The molecular weight excluding hydrogens is 270 g/mol. The highest BCUT2D eigenvalue weighted by molar-refractivity contribution is 8.00. The molecule has 108 valence electrons. The van der Waals surface area contributed by atoms with Crippen molar-refractivity contribution < 1.29 is 19.5 Å². The second kappa shape index (κ2) is 7.88. The Kier molecular flexibility index (Phi) is 6.48. The molecule has 1 aliphatic rings. The van der Waals surface area contributed by atoms with Gasteiger partial charge in [0, 0.05) is 18.2 Å². The molecule has 0 aromatic rings. The predicted molar refractivity (Wildman–Crippen MR) is 71.9 cm³/mol. The summed E-state index contributed by atoms with van der Waals surface area (Å²) >= 11 is 1.80. The number of nitrogens with two attached hydrogens (primary N) is 1. The molecule has 1 unspecified atom stereocenters. The number of thioether (sulfide) groups is 1. The van der Waals surface area contributed by atoms with Gasteiger partial charge in [-0.3, -0.25) is 4.79 Å². The van der Waals surface area contributed by atoms with Crippen LogP contribution in [0.4, 0.5) is 4.79 Å². The summed E-state index contributed by atoms with van der Waals surface area (Å²) in [5, 5.41) is 14.3. The fraction of sp³-hybridized carbons (Fsp3) is 0.727. The number of primary amides is 1. The molecule has 1 heterocycles. The number of carboxylic acids is 1. The molecule has 1 fully saturated rings. The van der Waals surface area contributed by atoms with Crippen LogP contribution in [0.15, 0.2) is 0 Å². The average Bonchev–Trinajstić information content (AvgIpc) is 2.84. The van der Waals surface area contributed by atoms with Gasteiger partial charge in [-0.25, -0.2) is 9.59 Å². The molecule has 5 N–H and O–H groups in total. The molecule has 8 heteroatoms. The molecule has 19 heavy (non-hydrogen) atoms. The molecule has 1 saturated heterocycles. The van der Waals surface area contributed by atoms with E-state index < -0.39 is 23.9 Å². The maximum Gasteiger partial charge on any atom is 0.326 e. The van der Waals surface area contributed by atoms with Gasteiger partial charge >= 0.3 is 12.0 Å². The molecule has 2 atom stereocenters. The van der Waals surface area contributed by atoms with E-state index in [9.17, 15) is 14.4 Å². The van der Waals surface area contributed by atoms with Crippen molar-refractivity contribution in [2.75, 3.05) is 12.3 Å². The van der Waals surface area contributed by atoms with Gasteiger partial charge < -0.3 is 21.5 Å². The first kappa shape index (κ1) is 15.6. The lowest BCUT2D eigenvalue weighted by Crippen LogP contribution is -2.47. The minimum atomic E-state index is -1.17. The van der Waals surface area contributed by atoms with Crippen LogP contribution in [-0.4, -0.2) is 46.6 Å². The molecule has 3 amide bonds. The Balaban J connectivity index is 2.29. The summed E-state index contributed by atoms with van der Waals surface area (Å²) in [7, 11) is 0. The number of hydrogen-bond acceptors (Lipinski definition) is 4. The summed E-state index contributed by atoms with van der Waals surface area (Å²) in [5.74, 6) is -0.660. The molecule has 7 nitrogen and oxygen atoms in total. The number of amides is 3. The molecule has 0 spiro atoms. The van der Waals surface area contributed by atoms with Crippen molar-refractivity contribution >= 4 is 29.7 Å². The molecule has 1 aliphatic heterocycles. The van der Waals surface area contributed by atoms with Crippen LogP contribution < -0.4 is 16.4 Å². The van der Waals surface area contributed by atoms with Crippen molar-refractivity contribution in [1.29, 1.82) is 0 Å². The van der Waals surface area contributed by atoms with Crippen LogP contribution in [0.3, 0.4) is 0 Å². The van der Waals surface area contributed by atoms with Crippen LogP contribution in [0.25, 0.3) is 0 Å². The number of nitrogens with one attached hydrogen (secondary N) is 2. The highest BCUT2D eigenvalue weighted by atomic mass is 32.2. The Labute approximate surface area is 115 Å². The second-order valence-corrected chi connectivity index (χ2v) is 5.79. The SMILES string of the molecule is NC(=O)CC[C@H](NC(=O)NCC1CCCS1)C(=O)O. The number of carboxylic acid groups (broad SMARTS) is 1. The Morgan fingerprint density at radius 1 is 1.42 bits per heavy atom. The van der Waals surface area contributed by atoms with Gasteiger partial charge in [0.15, 0.2) is 0 Å². The third-order valence-corrected chi connectivity index (χ3v) is 4.20. The van der Waals surface area contributed by atoms with Gasteiger partial charge in [0.1, 0.15) is 6.04 Å². The second-order valence-electron chi connectivity index (χ2n) is 4.39. The summed E-state index contributed by atoms with van der Waals surface area (Å²) in [4.78, 5) is 33.1.